The van der Waals surface area contributed by atoms with Crippen LogP contribution < -0.4 is 5.32 Å². The molecule has 0 rings (SSSR count). The summed E-state index contributed by atoms with van der Waals surface area (Å²) in [6, 6.07) is -0.576. The molecule has 302 valence electrons. The first-order valence-corrected chi connectivity index (χ1v) is 22.4. The number of carbonyl (C=O) groups excluding carboxylic acids is 2. The minimum absolute atomic E-state index is 0.0363. The molecule has 2 unspecified atom stereocenters. The lowest BCUT2D eigenvalue weighted by Crippen LogP contribution is -2.45. The van der Waals surface area contributed by atoms with Gasteiger partial charge in [-0.2, -0.15) is 0 Å². The highest BCUT2D eigenvalue weighted by Crippen LogP contribution is 2.15. The quantitative estimate of drug-likeness (QED) is 0.0332. The number of esters is 1. The maximum atomic E-state index is 12.4. The third kappa shape index (κ3) is 38.1. The number of nitrogens with one attached hydrogen (secondary N) is 1. The molecular weight excluding hydrogens is 634 g/mol. The Labute approximate surface area is 317 Å². The molecule has 0 aliphatic carbocycles. The molecule has 0 heterocycles. The Balaban J connectivity index is 3.56. The van der Waals surface area contributed by atoms with Gasteiger partial charge in [0.05, 0.1) is 25.4 Å². The van der Waals surface area contributed by atoms with Crippen LogP contribution in [-0.2, 0) is 14.3 Å². The predicted octanol–water partition coefficient (Wildman–Crippen LogP) is 12.6. The standard InChI is InChI=1S/C45H87NO5/c1-3-5-7-9-11-13-15-16-17-19-21-25-29-33-37-43(48)42(41-47)46-44(49)38-34-30-26-22-20-24-28-32-36-40-51-45(50)39-35-31-27-23-18-14-12-10-8-6-4-2/h22,26,42-43,47-48H,3-21,23-25,27-41H2,1-2H3,(H,46,49)/b26-22-. The topological polar surface area (TPSA) is 95.9 Å². The number of aliphatic hydroxyl groups is 2. The Bertz CT molecular complexity index is 757. The highest BCUT2D eigenvalue weighted by atomic mass is 16.5. The molecule has 6 nitrogen and oxygen atoms in total. The average molecular weight is 722 g/mol. The summed E-state index contributed by atoms with van der Waals surface area (Å²) in [7, 11) is 0. The summed E-state index contributed by atoms with van der Waals surface area (Å²) < 4.78 is 5.41. The van der Waals surface area contributed by atoms with Crippen LogP contribution in [0.15, 0.2) is 12.2 Å². The van der Waals surface area contributed by atoms with E-state index in [1.165, 1.54) is 135 Å². The Morgan fingerprint density at radius 1 is 0.529 bits per heavy atom. The van der Waals surface area contributed by atoms with Gasteiger partial charge in [0.1, 0.15) is 0 Å². The van der Waals surface area contributed by atoms with Crippen molar-refractivity contribution >= 4 is 11.9 Å². The van der Waals surface area contributed by atoms with Crippen LogP contribution in [-0.4, -0.2) is 47.4 Å². The number of unbranched alkanes of at least 4 members (excludes halogenated alkanes) is 28. The molecule has 2 atom stereocenters. The van der Waals surface area contributed by atoms with Gasteiger partial charge in [0.15, 0.2) is 0 Å². The van der Waals surface area contributed by atoms with Crippen molar-refractivity contribution in [3.8, 4) is 0 Å². The van der Waals surface area contributed by atoms with Gasteiger partial charge in [-0.05, 0) is 44.9 Å². The van der Waals surface area contributed by atoms with Gasteiger partial charge in [-0.1, -0.05) is 193 Å². The molecule has 0 aromatic rings. The van der Waals surface area contributed by atoms with Crippen LogP contribution in [0.2, 0.25) is 0 Å². The smallest absolute Gasteiger partial charge is 0.305 e. The van der Waals surface area contributed by atoms with Gasteiger partial charge in [-0.3, -0.25) is 9.59 Å². The number of aliphatic hydroxyl groups excluding tert-OH is 2. The monoisotopic (exact) mass is 722 g/mol. The fourth-order valence-electron chi connectivity index (χ4n) is 6.82. The summed E-state index contributed by atoms with van der Waals surface area (Å²) in [5.74, 6) is -0.132. The summed E-state index contributed by atoms with van der Waals surface area (Å²) in [6.07, 6.45) is 44.5. The molecule has 6 heteroatoms. The lowest BCUT2D eigenvalue weighted by molar-refractivity contribution is -0.143. The fourth-order valence-corrected chi connectivity index (χ4v) is 6.82. The van der Waals surface area contributed by atoms with E-state index in [4.69, 9.17) is 4.74 Å². The molecule has 0 aromatic carbocycles. The van der Waals surface area contributed by atoms with E-state index in [0.717, 1.165) is 70.6 Å². The van der Waals surface area contributed by atoms with Gasteiger partial charge in [-0.25, -0.2) is 0 Å². The Kier molecular flexibility index (Phi) is 40.2. The molecule has 3 N–H and O–H groups in total. The lowest BCUT2D eigenvalue weighted by Gasteiger charge is -2.22. The summed E-state index contributed by atoms with van der Waals surface area (Å²) in [5, 5.41) is 23.1. The zero-order valence-corrected chi connectivity index (χ0v) is 34.1. The van der Waals surface area contributed by atoms with Gasteiger partial charge < -0.3 is 20.3 Å². The van der Waals surface area contributed by atoms with E-state index in [-0.39, 0.29) is 18.5 Å². The third-order valence-electron chi connectivity index (χ3n) is 10.3. The first-order chi connectivity index (χ1) is 25.0. The van der Waals surface area contributed by atoms with Crippen LogP contribution in [0.5, 0.6) is 0 Å². The predicted molar refractivity (Wildman–Crippen MR) is 218 cm³/mol. The number of hydrogen-bond acceptors (Lipinski definition) is 5. The fraction of sp³-hybridized carbons (Fsp3) is 0.911. The van der Waals surface area contributed by atoms with Crippen molar-refractivity contribution in [3.63, 3.8) is 0 Å². The Morgan fingerprint density at radius 2 is 0.941 bits per heavy atom. The van der Waals surface area contributed by atoms with E-state index in [0.29, 0.717) is 25.9 Å². The molecule has 0 radical (unpaired) electrons. The number of allylic oxidation sites excluding steroid dienone is 2. The molecular formula is C45H87NO5. The van der Waals surface area contributed by atoms with E-state index in [1.807, 2.05) is 0 Å². The first kappa shape index (κ1) is 49.6. The molecule has 0 aliphatic heterocycles. The van der Waals surface area contributed by atoms with Gasteiger partial charge in [-0.15, -0.1) is 0 Å². The highest BCUT2D eigenvalue weighted by molar-refractivity contribution is 5.76. The van der Waals surface area contributed by atoms with Crippen LogP contribution >= 0.6 is 0 Å². The van der Waals surface area contributed by atoms with Gasteiger partial charge in [0.2, 0.25) is 5.91 Å². The normalized spacial score (nSPS) is 12.8. The van der Waals surface area contributed by atoms with Crippen LogP contribution in [0, 0.1) is 0 Å². The zero-order valence-electron chi connectivity index (χ0n) is 34.1. The first-order valence-electron chi connectivity index (χ1n) is 22.4. The Hall–Kier alpha value is -1.40. The van der Waals surface area contributed by atoms with Crippen LogP contribution in [0.4, 0.5) is 0 Å². The zero-order chi connectivity index (χ0) is 37.3. The maximum absolute atomic E-state index is 12.4. The van der Waals surface area contributed by atoms with Crippen molar-refractivity contribution < 1.29 is 24.5 Å². The van der Waals surface area contributed by atoms with Crippen LogP contribution in [0.3, 0.4) is 0 Å². The van der Waals surface area contributed by atoms with Crippen molar-refractivity contribution in [3.05, 3.63) is 12.2 Å². The minimum atomic E-state index is -0.692. The maximum Gasteiger partial charge on any atom is 0.305 e. The van der Waals surface area contributed by atoms with Gasteiger partial charge >= 0.3 is 5.97 Å². The van der Waals surface area contributed by atoms with Crippen molar-refractivity contribution in [1.29, 1.82) is 0 Å². The molecule has 0 saturated heterocycles. The number of ether oxygens (including phenoxy) is 1. The summed E-state index contributed by atoms with van der Waals surface area (Å²) in [5.41, 5.74) is 0. The molecule has 0 spiro atoms. The van der Waals surface area contributed by atoms with Crippen molar-refractivity contribution in [2.24, 2.45) is 0 Å². The molecule has 0 aromatic heterocycles. The molecule has 0 saturated carbocycles. The van der Waals surface area contributed by atoms with E-state index in [2.05, 4.69) is 31.3 Å². The molecule has 0 fully saturated rings. The molecule has 51 heavy (non-hydrogen) atoms. The van der Waals surface area contributed by atoms with E-state index in [9.17, 15) is 19.8 Å². The van der Waals surface area contributed by atoms with E-state index < -0.39 is 12.1 Å². The SMILES string of the molecule is CCCCCCCCCCCCCCCCC(O)C(CO)NC(=O)CCC/C=C\CCCCCCOC(=O)CCCCCCCCCCCCC. The second-order valence-corrected chi connectivity index (χ2v) is 15.4. The summed E-state index contributed by atoms with van der Waals surface area (Å²) >= 11 is 0. The second-order valence-electron chi connectivity index (χ2n) is 15.4. The molecule has 0 bridgehead atoms. The van der Waals surface area contributed by atoms with Crippen molar-refractivity contribution in [2.75, 3.05) is 13.2 Å². The summed E-state index contributed by atoms with van der Waals surface area (Å²) in [4.78, 5) is 24.3. The second kappa shape index (κ2) is 41.4. The lowest BCUT2D eigenvalue weighted by atomic mass is 10.0. The molecule has 0 aliphatic rings. The van der Waals surface area contributed by atoms with Crippen LogP contribution in [0.25, 0.3) is 0 Å². The minimum Gasteiger partial charge on any atom is -0.466 e. The largest absolute Gasteiger partial charge is 0.466 e. The average Bonchev–Trinajstić information content (AvgIpc) is 3.13. The van der Waals surface area contributed by atoms with Gasteiger partial charge in [0.25, 0.3) is 0 Å². The van der Waals surface area contributed by atoms with Gasteiger partial charge in [0, 0.05) is 12.8 Å². The van der Waals surface area contributed by atoms with Crippen molar-refractivity contribution in [1.82, 2.24) is 5.32 Å². The molecule has 1 amide bonds. The third-order valence-corrected chi connectivity index (χ3v) is 10.3. The highest BCUT2D eigenvalue weighted by Gasteiger charge is 2.19. The Morgan fingerprint density at radius 3 is 1.43 bits per heavy atom. The number of amides is 1. The van der Waals surface area contributed by atoms with Crippen molar-refractivity contribution in [2.45, 2.75) is 251 Å². The van der Waals surface area contributed by atoms with E-state index in [1.54, 1.807) is 0 Å². The van der Waals surface area contributed by atoms with Crippen LogP contribution in [0.1, 0.15) is 239 Å². The van der Waals surface area contributed by atoms with E-state index >= 15 is 0 Å². The number of hydrogen-bond donors (Lipinski definition) is 3. The number of carbonyl (C=O) groups is 2. The number of rotatable bonds is 41. The summed E-state index contributed by atoms with van der Waals surface area (Å²) in [6.45, 7) is 4.85.